The minimum Gasteiger partial charge on any atom is -0.368 e. The standard InChI is InChI=1S/C26H46N2O6.H3N/c1-2-3-4-5-6-7-8-9-10-11-12-13-14-15-16-17-23(29)27-20-21-33-22-26(32)34-28-24(30)18-19-25(28)31;/h2-22H2,1H3,(H,27,29);1H3. The topological polar surface area (TPSA) is 137 Å². The minimum absolute atomic E-state index is 0. The summed E-state index contributed by atoms with van der Waals surface area (Å²) in [6.07, 6.45) is 20.0. The molecule has 0 aromatic carbocycles. The van der Waals surface area contributed by atoms with Gasteiger partial charge < -0.3 is 21.0 Å². The maximum Gasteiger partial charge on any atom is 0.358 e. The summed E-state index contributed by atoms with van der Waals surface area (Å²) >= 11 is 0. The predicted molar refractivity (Wildman–Crippen MR) is 136 cm³/mol. The first kappa shape index (κ1) is 33.0. The Morgan fingerprint density at radius 1 is 0.771 bits per heavy atom. The lowest BCUT2D eigenvalue weighted by Crippen LogP contribution is -2.34. The molecule has 0 aliphatic carbocycles. The van der Waals surface area contributed by atoms with Gasteiger partial charge in [-0.15, -0.1) is 5.06 Å². The molecule has 1 saturated heterocycles. The number of ether oxygens (including phenoxy) is 1. The molecule has 35 heavy (non-hydrogen) atoms. The zero-order valence-electron chi connectivity index (χ0n) is 22.0. The highest BCUT2D eigenvalue weighted by atomic mass is 16.7. The summed E-state index contributed by atoms with van der Waals surface area (Å²) in [4.78, 5) is 50.8. The SMILES string of the molecule is CCCCCCCCCCCCCCCCCC(=O)NCCOCC(=O)ON1C(=O)CCC1=O.N. The Labute approximate surface area is 211 Å². The average molecular weight is 500 g/mol. The molecule has 0 atom stereocenters. The van der Waals surface area contributed by atoms with Crippen molar-refractivity contribution in [3.05, 3.63) is 0 Å². The third kappa shape index (κ3) is 18.0. The van der Waals surface area contributed by atoms with E-state index in [9.17, 15) is 19.2 Å². The zero-order valence-corrected chi connectivity index (χ0v) is 22.0. The van der Waals surface area contributed by atoms with Crippen LogP contribution in [0.5, 0.6) is 0 Å². The Balaban J connectivity index is 0.0000116. The molecule has 1 fully saturated rings. The highest BCUT2D eigenvalue weighted by Gasteiger charge is 2.32. The number of hydroxylamine groups is 2. The molecule has 1 aliphatic rings. The summed E-state index contributed by atoms with van der Waals surface area (Å²) in [5.41, 5.74) is 0. The normalized spacial score (nSPS) is 13.1. The van der Waals surface area contributed by atoms with E-state index in [4.69, 9.17) is 4.74 Å². The number of rotatable bonds is 22. The van der Waals surface area contributed by atoms with Gasteiger partial charge in [0.15, 0.2) is 0 Å². The van der Waals surface area contributed by atoms with E-state index in [0.717, 1.165) is 12.8 Å². The van der Waals surface area contributed by atoms with Crippen LogP contribution in [-0.2, 0) is 28.8 Å². The summed E-state index contributed by atoms with van der Waals surface area (Å²) in [7, 11) is 0. The van der Waals surface area contributed by atoms with E-state index in [1.165, 1.54) is 83.5 Å². The number of nitrogens with one attached hydrogen (secondary N) is 1. The fourth-order valence-corrected chi connectivity index (χ4v) is 3.95. The number of hydrogen-bond acceptors (Lipinski definition) is 7. The van der Waals surface area contributed by atoms with Gasteiger partial charge in [-0.2, -0.15) is 0 Å². The van der Waals surface area contributed by atoms with Gasteiger partial charge in [-0.05, 0) is 6.42 Å². The molecule has 0 aromatic heterocycles. The second kappa shape index (κ2) is 22.5. The molecule has 0 aromatic rings. The number of nitrogens with zero attached hydrogens (tertiary/aromatic N) is 1. The lowest BCUT2D eigenvalue weighted by atomic mass is 10.0. The molecule has 0 radical (unpaired) electrons. The number of carbonyl (C=O) groups is 4. The molecular weight excluding hydrogens is 450 g/mol. The maximum atomic E-state index is 11.8. The third-order valence-corrected chi connectivity index (χ3v) is 5.99. The lowest BCUT2D eigenvalue weighted by Gasteiger charge is -2.12. The summed E-state index contributed by atoms with van der Waals surface area (Å²) in [6, 6.07) is 0. The quantitative estimate of drug-likeness (QED) is 0.155. The van der Waals surface area contributed by atoms with E-state index >= 15 is 0 Å². The van der Waals surface area contributed by atoms with Crippen LogP contribution >= 0.6 is 0 Å². The summed E-state index contributed by atoms with van der Waals surface area (Å²) in [5.74, 6) is -1.88. The van der Waals surface area contributed by atoms with E-state index in [1.54, 1.807) is 0 Å². The first-order valence-electron chi connectivity index (χ1n) is 13.5. The average Bonchev–Trinajstić information content (AvgIpc) is 3.13. The fraction of sp³-hybridized carbons (Fsp3) is 0.846. The van der Waals surface area contributed by atoms with Gasteiger partial charge in [0.1, 0.15) is 6.61 Å². The molecule has 1 aliphatic heterocycles. The van der Waals surface area contributed by atoms with Gasteiger partial charge in [0.05, 0.1) is 6.61 Å². The number of imide groups is 1. The molecule has 3 amide bonds. The summed E-state index contributed by atoms with van der Waals surface area (Å²) in [6.45, 7) is 2.33. The molecule has 0 unspecified atom stereocenters. The van der Waals surface area contributed by atoms with Crippen LogP contribution in [0.2, 0.25) is 0 Å². The van der Waals surface area contributed by atoms with Gasteiger partial charge in [-0.25, -0.2) is 4.79 Å². The molecule has 9 heteroatoms. The molecule has 0 spiro atoms. The highest BCUT2D eigenvalue weighted by molar-refractivity contribution is 6.01. The van der Waals surface area contributed by atoms with Crippen LogP contribution in [0, 0.1) is 0 Å². The monoisotopic (exact) mass is 499 g/mol. The Morgan fingerprint density at radius 2 is 1.23 bits per heavy atom. The predicted octanol–water partition coefficient (Wildman–Crippen LogP) is 5.15. The van der Waals surface area contributed by atoms with Gasteiger partial charge >= 0.3 is 5.97 Å². The summed E-state index contributed by atoms with van der Waals surface area (Å²) < 4.78 is 5.12. The van der Waals surface area contributed by atoms with Crippen LogP contribution in [0.3, 0.4) is 0 Å². The number of hydrogen-bond donors (Lipinski definition) is 2. The Kier molecular flexibility index (Phi) is 21.2. The van der Waals surface area contributed by atoms with E-state index < -0.39 is 17.8 Å². The molecule has 0 saturated carbocycles. The minimum atomic E-state index is -0.812. The van der Waals surface area contributed by atoms with Gasteiger partial charge in [0.2, 0.25) is 5.91 Å². The molecule has 9 nitrogen and oxygen atoms in total. The second-order valence-corrected chi connectivity index (χ2v) is 9.15. The zero-order chi connectivity index (χ0) is 24.9. The molecule has 4 N–H and O–H groups in total. The van der Waals surface area contributed by atoms with E-state index in [-0.39, 0.29) is 38.1 Å². The summed E-state index contributed by atoms with van der Waals surface area (Å²) in [5, 5.41) is 3.25. The van der Waals surface area contributed by atoms with Crippen LogP contribution in [-0.4, -0.2) is 48.5 Å². The van der Waals surface area contributed by atoms with Crippen molar-refractivity contribution in [1.29, 1.82) is 0 Å². The third-order valence-electron chi connectivity index (χ3n) is 5.99. The van der Waals surface area contributed by atoms with Crippen LogP contribution < -0.4 is 11.5 Å². The number of amides is 3. The maximum absolute atomic E-state index is 11.8. The van der Waals surface area contributed by atoms with Crippen molar-refractivity contribution in [2.24, 2.45) is 0 Å². The molecule has 204 valence electrons. The largest absolute Gasteiger partial charge is 0.368 e. The van der Waals surface area contributed by atoms with Crippen LogP contribution in [0.4, 0.5) is 0 Å². The van der Waals surface area contributed by atoms with Crippen molar-refractivity contribution in [3.8, 4) is 0 Å². The molecule has 1 heterocycles. The first-order chi connectivity index (χ1) is 16.5. The second-order valence-electron chi connectivity index (χ2n) is 9.15. The van der Waals surface area contributed by atoms with Crippen LogP contribution in [0.15, 0.2) is 0 Å². The fourth-order valence-electron chi connectivity index (χ4n) is 3.95. The Bertz CT molecular complexity index is 584. The van der Waals surface area contributed by atoms with Gasteiger partial charge in [0.25, 0.3) is 11.8 Å². The number of carbonyl (C=O) groups excluding carboxylic acids is 4. The van der Waals surface area contributed by atoms with Crippen LogP contribution in [0.25, 0.3) is 0 Å². The smallest absolute Gasteiger partial charge is 0.358 e. The van der Waals surface area contributed by atoms with Crippen molar-refractivity contribution in [2.75, 3.05) is 19.8 Å². The Hall–Kier alpha value is -2.00. The van der Waals surface area contributed by atoms with Crippen molar-refractivity contribution >= 4 is 23.7 Å². The van der Waals surface area contributed by atoms with Crippen molar-refractivity contribution in [2.45, 2.75) is 122 Å². The van der Waals surface area contributed by atoms with Gasteiger partial charge in [-0.1, -0.05) is 96.8 Å². The molecular formula is C26H49N3O6. The lowest BCUT2D eigenvalue weighted by molar-refractivity contribution is -0.200. The van der Waals surface area contributed by atoms with Crippen molar-refractivity contribution in [3.63, 3.8) is 0 Å². The van der Waals surface area contributed by atoms with Crippen molar-refractivity contribution in [1.82, 2.24) is 16.5 Å². The van der Waals surface area contributed by atoms with E-state index in [1.807, 2.05) is 0 Å². The molecule has 0 bridgehead atoms. The number of unbranched alkanes of at least 4 members (excludes halogenated alkanes) is 14. The van der Waals surface area contributed by atoms with Crippen molar-refractivity contribution < 1.29 is 28.8 Å². The van der Waals surface area contributed by atoms with Gasteiger partial charge in [-0.3, -0.25) is 14.4 Å². The highest BCUT2D eigenvalue weighted by Crippen LogP contribution is 2.14. The Morgan fingerprint density at radius 3 is 1.71 bits per heavy atom. The van der Waals surface area contributed by atoms with Gasteiger partial charge in [0, 0.05) is 25.8 Å². The van der Waals surface area contributed by atoms with E-state index in [2.05, 4.69) is 17.1 Å². The first-order valence-corrected chi connectivity index (χ1v) is 13.5. The molecule has 1 rings (SSSR count). The van der Waals surface area contributed by atoms with Crippen LogP contribution in [0.1, 0.15) is 122 Å². The van der Waals surface area contributed by atoms with E-state index in [0.29, 0.717) is 18.0 Å².